The fraction of sp³-hybridized carbons (Fsp3) is 0.316. The number of carbonyl (C=O) groups is 1. The highest BCUT2D eigenvalue weighted by Crippen LogP contribution is 2.19. The molecule has 0 aromatic heterocycles. The third kappa shape index (κ3) is 7.00. The smallest absolute Gasteiger partial charge is 0.323 e. The van der Waals surface area contributed by atoms with Gasteiger partial charge in [-0.3, -0.25) is 0 Å². The predicted octanol–water partition coefficient (Wildman–Crippen LogP) is 3.38. The quantitative estimate of drug-likeness (QED) is 0.635. The molecule has 0 radical (unpaired) electrons. The second kappa shape index (κ2) is 11.0. The molecule has 0 aliphatic rings. The van der Waals surface area contributed by atoms with Crippen molar-refractivity contribution in [1.82, 2.24) is 0 Å². The van der Waals surface area contributed by atoms with E-state index in [0.717, 1.165) is 0 Å². The molecule has 0 saturated carbocycles. The Morgan fingerprint density at radius 3 is 1.65 bits per heavy atom. The predicted molar refractivity (Wildman–Crippen MR) is 100 cm³/mol. The van der Waals surface area contributed by atoms with E-state index in [1.165, 1.54) is 0 Å². The SMILES string of the molecule is COCCOc1cccc(NC(=O)Nc2cccc(OCCOC)c2)c1. The molecule has 2 N–H and O–H groups in total. The standard InChI is InChI=1S/C19H24N2O5/c1-23-9-11-25-17-7-3-5-15(13-17)20-19(22)21-16-6-4-8-18(14-16)26-12-10-24-2/h3-8,13-14H,9-12H2,1-2H3,(H2,20,21,22). The average molecular weight is 360 g/mol. The van der Waals surface area contributed by atoms with E-state index in [2.05, 4.69) is 10.6 Å². The lowest BCUT2D eigenvalue weighted by atomic mass is 10.3. The van der Waals surface area contributed by atoms with E-state index in [9.17, 15) is 4.79 Å². The monoisotopic (exact) mass is 360 g/mol. The second-order valence-electron chi connectivity index (χ2n) is 5.32. The van der Waals surface area contributed by atoms with E-state index >= 15 is 0 Å². The molecule has 0 heterocycles. The summed E-state index contributed by atoms with van der Waals surface area (Å²) in [5, 5.41) is 5.54. The van der Waals surface area contributed by atoms with Gasteiger partial charge in [-0.05, 0) is 24.3 Å². The first-order valence-corrected chi connectivity index (χ1v) is 8.23. The molecule has 7 nitrogen and oxygen atoms in total. The summed E-state index contributed by atoms with van der Waals surface area (Å²) < 4.78 is 20.9. The van der Waals surface area contributed by atoms with Crippen molar-refractivity contribution in [2.45, 2.75) is 0 Å². The highest BCUT2D eigenvalue weighted by Gasteiger charge is 2.05. The van der Waals surface area contributed by atoms with Crippen molar-refractivity contribution in [3.63, 3.8) is 0 Å². The number of urea groups is 1. The molecule has 2 aromatic rings. The Morgan fingerprint density at radius 2 is 1.23 bits per heavy atom. The van der Waals surface area contributed by atoms with Gasteiger partial charge in [-0.15, -0.1) is 0 Å². The number of ether oxygens (including phenoxy) is 4. The van der Waals surface area contributed by atoms with E-state index in [-0.39, 0.29) is 6.03 Å². The molecule has 0 aliphatic carbocycles. The Hall–Kier alpha value is -2.77. The van der Waals surface area contributed by atoms with E-state index in [1.54, 1.807) is 38.5 Å². The molecule has 2 rings (SSSR count). The summed E-state index contributed by atoms with van der Waals surface area (Å²) >= 11 is 0. The van der Waals surface area contributed by atoms with Gasteiger partial charge in [0.15, 0.2) is 0 Å². The topological polar surface area (TPSA) is 78.1 Å². The van der Waals surface area contributed by atoms with Crippen LogP contribution < -0.4 is 20.1 Å². The maximum Gasteiger partial charge on any atom is 0.323 e. The van der Waals surface area contributed by atoms with Crippen LogP contribution in [0.1, 0.15) is 0 Å². The van der Waals surface area contributed by atoms with Gasteiger partial charge in [0.05, 0.1) is 13.2 Å². The summed E-state index contributed by atoms with van der Waals surface area (Å²) in [4.78, 5) is 12.2. The minimum absolute atomic E-state index is 0.354. The molecular weight excluding hydrogens is 336 g/mol. The lowest BCUT2D eigenvalue weighted by Gasteiger charge is -2.11. The zero-order chi connectivity index (χ0) is 18.6. The Labute approximate surface area is 153 Å². The second-order valence-corrected chi connectivity index (χ2v) is 5.32. The minimum Gasteiger partial charge on any atom is -0.491 e. The average Bonchev–Trinajstić information content (AvgIpc) is 2.63. The normalized spacial score (nSPS) is 10.2. The number of rotatable bonds is 10. The van der Waals surface area contributed by atoms with E-state index in [4.69, 9.17) is 18.9 Å². The van der Waals surface area contributed by atoms with Crippen LogP contribution in [0.2, 0.25) is 0 Å². The van der Waals surface area contributed by atoms with Crippen LogP contribution in [0.15, 0.2) is 48.5 Å². The minimum atomic E-state index is -0.354. The fourth-order valence-electron chi connectivity index (χ4n) is 2.11. The zero-order valence-corrected chi connectivity index (χ0v) is 15.0. The van der Waals surface area contributed by atoms with Crippen molar-refractivity contribution in [1.29, 1.82) is 0 Å². The highest BCUT2D eigenvalue weighted by molar-refractivity contribution is 5.99. The number of anilines is 2. The van der Waals surface area contributed by atoms with Gasteiger partial charge in [0.25, 0.3) is 0 Å². The van der Waals surface area contributed by atoms with Crippen LogP contribution in [-0.2, 0) is 9.47 Å². The van der Waals surface area contributed by atoms with Crippen LogP contribution in [0.5, 0.6) is 11.5 Å². The van der Waals surface area contributed by atoms with Gasteiger partial charge >= 0.3 is 6.03 Å². The number of methoxy groups -OCH3 is 2. The third-order valence-corrected chi connectivity index (χ3v) is 3.30. The molecule has 140 valence electrons. The van der Waals surface area contributed by atoms with Crippen molar-refractivity contribution in [2.24, 2.45) is 0 Å². The van der Waals surface area contributed by atoms with Crippen LogP contribution in [0.3, 0.4) is 0 Å². The number of amides is 2. The molecule has 0 bridgehead atoms. The van der Waals surface area contributed by atoms with Crippen molar-refractivity contribution < 1.29 is 23.7 Å². The van der Waals surface area contributed by atoms with E-state index < -0.39 is 0 Å². The van der Waals surface area contributed by atoms with Crippen LogP contribution in [0, 0.1) is 0 Å². The molecule has 0 saturated heterocycles. The van der Waals surface area contributed by atoms with Crippen molar-refractivity contribution in [3.8, 4) is 11.5 Å². The van der Waals surface area contributed by atoms with Gasteiger partial charge in [0.1, 0.15) is 24.7 Å². The maximum atomic E-state index is 12.2. The van der Waals surface area contributed by atoms with Crippen molar-refractivity contribution in [2.75, 3.05) is 51.3 Å². The summed E-state index contributed by atoms with van der Waals surface area (Å²) in [5.74, 6) is 1.32. The van der Waals surface area contributed by atoms with Gasteiger partial charge in [-0.2, -0.15) is 0 Å². The summed E-state index contributed by atoms with van der Waals surface area (Å²) in [7, 11) is 3.23. The van der Waals surface area contributed by atoms with Gasteiger partial charge in [-0.1, -0.05) is 12.1 Å². The fourth-order valence-corrected chi connectivity index (χ4v) is 2.11. The molecule has 0 spiro atoms. The van der Waals surface area contributed by atoms with Gasteiger partial charge < -0.3 is 29.6 Å². The Kier molecular flexibility index (Phi) is 8.25. The molecule has 2 aromatic carbocycles. The van der Waals surface area contributed by atoms with Crippen LogP contribution in [0.25, 0.3) is 0 Å². The molecule has 2 amide bonds. The number of hydrogen-bond acceptors (Lipinski definition) is 5. The zero-order valence-electron chi connectivity index (χ0n) is 15.0. The number of hydrogen-bond donors (Lipinski definition) is 2. The number of nitrogens with one attached hydrogen (secondary N) is 2. The lowest BCUT2D eigenvalue weighted by molar-refractivity contribution is 0.146. The van der Waals surface area contributed by atoms with E-state index in [0.29, 0.717) is 49.3 Å². The highest BCUT2D eigenvalue weighted by atomic mass is 16.5. The molecule has 0 atom stereocenters. The van der Waals surface area contributed by atoms with Crippen molar-refractivity contribution >= 4 is 17.4 Å². The Morgan fingerprint density at radius 1 is 0.769 bits per heavy atom. The summed E-state index contributed by atoms with van der Waals surface area (Å²) in [5.41, 5.74) is 1.26. The van der Waals surface area contributed by atoms with Gasteiger partial charge in [0, 0.05) is 37.7 Å². The van der Waals surface area contributed by atoms with Crippen LogP contribution >= 0.6 is 0 Å². The maximum absolute atomic E-state index is 12.2. The Balaban J connectivity index is 1.88. The Bertz CT molecular complexity index is 636. The summed E-state index contributed by atoms with van der Waals surface area (Å²) in [6.07, 6.45) is 0. The molecule has 0 fully saturated rings. The van der Waals surface area contributed by atoms with Gasteiger partial charge in [-0.25, -0.2) is 4.79 Å². The van der Waals surface area contributed by atoms with Crippen LogP contribution in [-0.4, -0.2) is 46.7 Å². The lowest BCUT2D eigenvalue weighted by Crippen LogP contribution is -2.19. The van der Waals surface area contributed by atoms with Crippen LogP contribution in [0.4, 0.5) is 16.2 Å². The third-order valence-electron chi connectivity index (χ3n) is 3.30. The summed E-state index contributed by atoms with van der Waals surface area (Å²) in [6.45, 7) is 1.89. The molecule has 26 heavy (non-hydrogen) atoms. The van der Waals surface area contributed by atoms with E-state index in [1.807, 2.05) is 24.3 Å². The molecule has 0 aliphatic heterocycles. The molecule has 7 heteroatoms. The largest absolute Gasteiger partial charge is 0.491 e. The molecule has 0 unspecified atom stereocenters. The summed E-state index contributed by atoms with van der Waals surface area (Å²) in [6, 6.07) is 14.0. The number of benzene rings is 2. The molecular formula is C19H24N2O5. The first kappa shape index (κ1) is 19.6. The van der Waals surface area contributed by atoms with Crippen molar-refractivity contribution in [3.05, 3.63) is 48.5 Å². The number of carbonyl (C=O) groups excluding carboxylic acids is 1. The first-order chi connectivity index (χ1) is 12.7. The van der Waals surface area contributed by atoms with Gasteiger partial charge in [0.2, 0.25) is 0 Å². The first-order valence-electron chi connectivity index (χ1n) is 8.23.